The Hall–Kier alpha value is -1.00. The Balaban J connectivity index is 0.000000771. The monoisotopic (exact) mass is 253 g/mol. The Morgan fingerprint density at radius 3 is 2.72 bits per heavy atom. The van der Waals surface area contributed by atoms with Gasteiger partial charge in [-0.25, -0.2) is 0 Å². The first-order valence-electron chi connectivity index (χ1n) is 6.99. The molecule has 2 heterocycles. The summed E-state index contributed by atoms with van der Waals surface area (Å²) in [6.07, 6.45) is 4.25. The summed E-state index contributed by atoms with van der Waals surface area (Å²) in [6.45, 7) is 13.0. The van der Waals surface area contributed by atoms with Gasteiger partial charge in [-0.2, -0.15) is 0 Å². The molecule has 0 aromatic rings. The Bertz CT molecular complexity index is 281. The predicted molar refractivity (Wildman–Crippen MR) is 76.5 cm³/mol. The topological polar surface area (TPSA) is 36.5 Å². The molecule has 0 bridgehead atoms. The van der Waals surface area contributed by atoms with Crippen LogP contribution in [0.2, 0.25) is 0 Å². The summed E-state index contributed by atoms with van der Waals surface area (Å²) < 4.78 is 5.32. The van der Waals surface area contributed by atoms with Crippen LogP contribution in [0.3, 0.4) is 0 Å². The Labute approximate surface area is 111 Å². The van der Waals surface area contributed by atoms with Crippen LogP contribution in [-0.4, -0.2) is 50.8 Å². The van der Waals surface area contributed by atoms with Crippen LogP contribution in [0.1, 0.15) is 20.8 Å². The molecule has 0 aromatic carbocycles. The van der Waals surface area contributed by atoms with Crippen molar-refractivity contribution >= 4 is 0 Å². The fourth-order valence-corrected chi connectivity index (χ4v) is 2.00. The van der Waals surface area contributed by atoms with Crippen LogP contribution >= 0.6 is 0 Å². The Morgan fingerprint density at radius 2 is 2.06 bits per heavy atom. The van der Waals surface area contributed by atoms with Gasteiger partial charge in [0.15, 0.2) is 0 Å². The van der Waals surface area contributed by atoms with Crippen molar-refractivity contribution in [2.45, 2.75) is 20.8 Å². The molecule has 0 spiro atoms. The SMILES string of the molecule is CC.CC1=CNCC(NCCN2CCOCC2)=C1. The van der Waals surface area contributed by atoms with Gasteiger partial charge in [-0.05, 0) is 24.8 Å². The lowest BCUT2D eigenvalue weighted by Crippen LogP contribution is -2.40. The summed E-state index contributed by atoms with van der Waals surface area (Å²) >= 11 is 0. The maximum Gasteiger partial charge on any atom is 0.0594 e. The highest BCUT2D eigenvalue weighted by Gasteiger charge is 2.09. The number of allylic oxidation sites excluding steroid dienone is 2. The number of rotatable bonds is 4. The van der Waals surface area contributed by atoms with Crippen LogP contribution < -0.4 is 10.6 Å². The average Bonchev–Trinajstić information content (AvgIpc) is 2.42. The highest BCUT2D eigenvalue weighted by atomic mass is 16.5. The largest absolute Gasteiger partial charge is 0.386 e. The molecule has 0 saturated carbocycles. The van der Waals surface area contributed by atoms with E-state index in [0.717, 1.165) is 45.9 Å². The third-order valence-electron chi connectivity index (χ3n) is 2.91. The van der Waals surface area contributed by atoms with Crippen molar-refractivity contribution in [1.29, 1.82) is 0 Å². The van der Waals surface area contributed by atoms with Gasteiger partial charge < -0.3 is 15.4 Å². The Kier molecular flexibility index (Phi) is 7.53. The molecule has 2 aliphatic heterocycles. The molecule has 0 radical (unpaired) electrons. The fraction of sp³-hybridized carbons (Fsp3) is 0.714. The number of dihydropyridines is 1. The maximum atomic E-state index is 5.32. The number of hydrogen-bond donors (Lipinski definition) is 2. The second-order valence-electron chi connectivity index (χ2n) is 4.32. The predicted octanol–water partition coefficient (Wildman–Crippen LogP) is 1.33. The standard InChI is InChI=1S/C12H21N3O.C2H6/c1-11-8-12(10-13-9-11)14-2-3-15-4-6-16-7-5-15;1-2/h8-9,13-14H,2-7,10H2,1H3;1-2H3. The molecule has 18 heavy (non-hydrogen) atoms. The molecule has 1 saturated heterocycles. The van der Waals surface area contributed by atoms with Gasteiger partial charge in [0.25, 0.3) is 0 Å². The number of nitrogens with zero attached hydrogens (tertiary/aromatic N) is 1. The van der Waals surface area contributed by atoms with Crippen molar-refractivity contribution in [1.82, 2.24) is 15.5 Å². The second kappa shape index (κ2) is 9.00. The van der Waals surface area contributed by atoms with Gasteiger partial charge in [-0.15, -0.1) is 0 Å². The summed E-state index contributed by atoms with van der Waals surface area (Å²) in [7, 11) is 0. The van der Waals surface area contributed by atoms with Gasteiger partial charge in [0, 0.05) is 31.9 Å². The minimum absolute atomic E-state index is 0.881. The Morgan fingerprint density at radius 1 is 1.33 bits per heavy atom. The van der Waals surface area contributed by atoms with E-state index in [9.17, 15) is 0 Å². The van der Waals surface area contributed by atoms with Gasteiger partial charge >= 0.3 is 0 Å². The zero-order valence-electron chi connectivity index (χ0n) is 12.0. The molecule has 2 N–H and O–H groups in total. The van der Waals surface area contributed by atoms with Gasteiger partial charge in [0.05, 0.1) is 19.8 Å². The molecule has 0 amide bonds. The highest BCUT2D eigenvalue weighted by Crippen LogP contribution is 2.03. The molecule has 1 fully saturated rings. The summed E-state index contributed by atoms with van der Waals surface area (Å²) in [6, 6.07) is 0. The summed E-state index contributed by atoms with van der Waals surface area (Å²) in [5, 5.41) is 6.72. The molecule has 0 aromatic heterocycles. The van der Waals surface area contributed by atoms with Crippen LogP contribution in [0.25, 0.3) is 0 Å². The molecule has 2 rings (SSSR count). The lowest BCUT2D eigenvalue weighted by atomic mass is 10.2. The highest BCUT2D eigenvalue weighted by molar-refractivity contribution is 5.25. The summed E-state index contributed by atoms with van der Waals surface area (Å²) in [5.41, 5.74) is 2.56. The molecule has 2 aliphatic rings. The third-order valence-corrected chi connectivity index (χ3v) is 2.91. The molecule has 0 aliphatic carbocycles. The molecular weight excluding hydrogens is 226 g/mol. The van der Waals surface area contributed by atoms with Crippen LogP contribution in [-0.2, 0) is 4.74 Å². The zero-order chi connectivity index (χ0) is 13.2. The first-order valence-corrected chi connectivity index (χ1v) is 6.99. The van der Waals surface area contributed by atoms with E-state index in [0.29, 0.717) is 0 Å². The molecule has 104 valence electrons. The third kappa shape index (κ3) is 5.56. The van der Waals surface area contributed by atoms with E-state index in [1.54, 1.807) is 0 Å². The summed E-state index contributed by atoms with van der Waals surface area (Å²) in [5.74, 6) is 0. The summed E-state index contributed by atoms with van der Waals surface area (Å²) in [4.78, 5) is 2.44. The molecule has 4 heteroatoms. The lowest BCUT2D eigenvalue weighted by Gasteiger charge is -2.27. The van der Waals surface area contributed by atoms with Crippen LogP contribution in [0, 0.1) is 0 Å². The van der Waals surface area contributed by atoms with Gasteiger partial charge in [-0.3, -0.25) is 4.90 Å². The quantitative estimate of drug-likeness (QED) is 0.792. The first-order chi connectivity index (χ1) is 8.84. The van der Waals surface area contributed by atoms with E-state index < -0.39 is 0 Å². The average molecular weight is 253 g/mol. The van der Waals surface area contributed by atoms with Crippen molar-refractivity contribution in [3.05, 3.63) is 23.5 Å². The number of hydrogen-bond acceptors (Lipinski definition) is 4. The second-order valence-corrected chi connectivity index (χ2v) is 4.32. The molecular formula is C14H27N3O. The minimum Gasteiger partial charge on any atom is -0.386 e. The van der Waals surface area contributed by atoms with Gasteiger partial charge in [-0.1, -0.05) is 13.8 Å². The minimum atomic E-state index is 0.881. The van der Waals surface area contributed by atoms with Gasteiger partial charge in [0.2, 0.25) is 0 Å². The zero-order valence-corrected chi connectivity index (χ0v) is 12.0. The molecule has 4 nitrogen and oxygen atoms in total. The van der Waals surface area contributed by atoms with Crippen molar-refractivity contribution in [2.75, 3.05) is 45.9 Å². The van der Waals surface area contributed by atoms with E-state index in [2.05, 4.69) is 28.5 Å². The van der Waals surface area contributed by atoms with Crippen LogP contribution in [0.4, 0.5) is 0 Å². The number of ether oxygens (including phenoxy) is 1. The van der Waals surface area contributed by atoms with Crippen molar-refractivity contribution in [2.24, 2.45) is 0 Å². The number of morpholine rings is 1. The van der Waals surface area contributed by atoms with E-state index >= 15 is 0 Å². The van der Waals surface area contributed by atoms with Crippen molar-refractivity contribution in [3.8, 4) is 0 Å². The molecule has 0 unspecified atom stereocenters. The van der Waals surface area contributed by atoms with Gasteiger partial charge in [0.1, 0.15) is 0 Å². The van der Waals surface area contributed by atoms with Crippen LogP contribution in [0.15, 0.2) is 23.5 Å². The maximum absolute atomic E-state index is 5.32. The van der Waals surface area contributed by atoms with Crippen molar-refractivity contribution < 1.29 is 4.74 Å². The molecule has 0 atom stereocenters. The van der Waals surface area contributed by atoms with E-state index in [-0.39, 0.29) is 0 Å². The van der Waals surface area contributed by atoms with Crippen LogP contribution in [0.5, 0.6) is 0 Å². The number of nitrogens with one attached hydrogen (secondary N) is 2. The fourth-order valence-electron chi connectivity index (χ4n) is 2.00. The van der Waals surface area contributed by atoms with Crippen molar-refractivity contribution in [3.63, 3.8) is 0 Å². The lowest BCUT2D eigenvalue weighted by molar-refractivity contribution is 0.0387. The van der Waals surface area contributed by atoms with E-state index in [1.807, 2.05) is 20.0 Å². The first kappa shape index (κ1) is 15.1. The van der Waals surface area contributed by atoms with E-state index in [1.165, 1.54) is 11.3 Å². The smallest absolute Gasteiger partial charge is 0.0594 e. The normalized spacial score (nSPS) is 19.9. The van der Waals surface area contributed by atoms with E-state index in [4.69, 9.17) is 4.74 Å².